The van der Waals surface area contributed by atoms with Gasteiger partial charge in [0, 0.05) is 11.5 Å². The van der Waals surface area contributed by atoms with Gasteiger partial charge in [-0.25, -0.2) is 4.39 Å². The number of halogens is 1. The first-order chi connectivity index (χ1) is 4.88. The summed E-state index contributed by atoms with van der Waals surface area (Å²) in [7, 11) is 0. The van der Waals surface area contributed by atoms with Crippen LogP contribution in [0.25, 0.3) is 10.9 Å². The number of fused-ring (bicyclic) bond motifs is 1. The predicted molar refractivity (Wildman–Crippen MR) is 34.9 cm³/mol. The summed E-state index contributed by atoms with van der Waals surface area (Å²) in [6, 6.07) is 5.71. The summed E-state index contributed by atoms with van der Waals surface area (Å²) >= 11 is 0. The molecule has 0 spiro atoms. The Morgan fingerprint density at radius 3 is 3.30 bits per heavy atom. The monoisotopic (exact) mass is 135 g/mol. The van der Waals surface area contributed by atoms with E-state index in [0.717, 1.165) is 5.39 Å². The second kappa shape index (κ2) is 1.80. The van der Waals surface area contributed by atoms with Crippen molar-refractivity contribution in [3.63, 3.8) is 0 Å². The van der Waals surface area contributed by atoms with E-state index in [-0.39, 0.29) is 5.82 Å². The van der Waals surface area contributed by atoms with Crippen LogP contribution in [-0.2, 0) is 0 Å². The number of rotatable bonds is 0. The zero-order valence-corrected chi connectivity index (χ0v) is 5.06. The highest BCUT2D eigenvalue weighted by Gasteiger charge is 1.99. The molecule has 2 nitrogen and oxygen atoms in total. The number of aromatic nitrogens is 2. The lowest BCUT2D eigenvalue weighted by Gasteiger charge is -1.86. The summed E-state index contributed by atoms with van der Waals surface area (Å²) in [4.78, 5) is 0. The number of benzene rings is 1. The minimum Gasteiger partial charge on any atom is -0.275 e. The molecule has 0 fully saturated rings. The average molecular weight is 135 g/mol. The zero-order valence-electron chi connectivity index (χ0n) is 5.06. The summed E-state index contributed by atoms with van der Waals surface area (Å²) in [5, 5.41) is 6.98. The molecule has 3 heteroatoms. The number of hydrogen-bond donors (Lipinski definition) is 1. The Balaban J connectivity index is 2.95. The van der Waals surface area contributed by atoms with Crippen LogP contribution in [0.5, 0.6) is 0 Å². The van der Waals surface area contributed by atoms with Crippen molar-refractivity contribution in [1.82, 2.24) is 10.2 Å². The van der Waals surface area contributed by atoms with Crippen LogP contribution in [0.3, 0.4) is 0 Å². The molecule has 0 aliphatic rings. The largest absolute Gasteiger partial charge is 0.275 e. The molecule has 0 aliphatic heterocycles. The summed E-state index contributed by atoms with van der Waals surface area (Å²) in [5.41, 5.74) is 0.419. The Labute approximate surface area is 56.7 Å². The fourth-order valence-electron chi connectivity index (χ4n) is 0.874. The maximum absolute atomic E-state index is 12.7. The molecule has 0 amide bonds. The van der Waals surface area contributed by atoms with Gasteiger partial charge in [-0.2, -0.15) is 5.10 Å². The quantitative estimate of drug-likeness (QED) is 0.582. The van der Waals surface area contributed by atoms with Gasteiger partial charge in [-0.15, -0.1) is 0 Å². The van der Waals surface area contributed by atoms with Crippen molar-refractivity contribution in [2.24, 2.45) is 0 Å². The minimum atomic E-state index is -0.380. The standard InChI is InChI=1S/C7H4FN2/c8-6-3-1-2-5-4-9-10-7(5)6/h1-2,4H,(H,9,10). The van der Waals surface area contributed by atoms with Crippen LogP contribution in [0.2, 0.25) is 0 Å². The van der Waals surface area contributed by atoms with E-state index in [9.17, 15) is 4.39 Å². The van der Waals surface area contributed by atoms with Gasteiger partial charge < -0.3 is 0 Å². The van der Waals surface area contributed by atoms with Crippen LogP contribution in [0.4, 0.5) is 4.39 Å². The minimum absolute atomic E-state index is 0.380. The number of hydrogen-bond acceptors (Lipinski definition) is 1. The van der Waals surface area contributed by atoms with E-state index in [1.807, 2.05) is 0 Å². The van der Waals surface area contributed by atoms with Crippen LogP contribution in [0, 0.1) is 11.9 Å². The number of nitrogens with zero attached hydrogens (tertiary/aromatic N) is 1. The summed E-state index contributed by atoms with van der Waals surface area (Å²) in [5.74, 6) is -0.380. The van der Waals surface area contributed by atoms with E-state index in [1.54, 1.807) is 12.3 Å². The summed E-state index contributed by atoms with van der Waals surface area (Å²) < 4.78 is 12.7. The second-order valence-electron chi connectivity index (χ2n) is 1.99. The molecule has 1 aromatic heterocycles. The predicted octanol–water partition coefficient (Wildman–Crippen LogP) is 1.50. The van der Waals surface area contributed by atoms with Gasteiger partial charge in [0.25, 0.3) is 0 Å². The molecule has 2 rings (SSSR count). The molecule has 10 heavy (non-hydrogen) atoms. The molecular formula is C7H4FN2. The molecule has 1 heterocycles. The van der Waals surface area contributed by atoms with E-state index in [0.29, 0.717) is 5.52 Å². The number of nitrogens with one attached hydrogen (secondary N) is 1. The van der Waals surface area contributed by atoms with Gasteiger partial charge in [0.05, 0.1) is 6.20 Å². The number of H-pyrrole nitrogens is 1. The molecule has 1 radical (unpaired) electrons. The first kappa shape index (κ1) is 5.41. The van der Waals surface area contributed by atoms with E-state index in [1.165, 1.54) is 6.07 Å². The molecule has 0 saturated carbocycles. The number of aromatic amines is 1. The van der Waals surface area contributed by atoms with Gasteiger partial charge in [-0.05, 0) is 0 Å². The van der Waals surface area contributed by atoms with Gasteiger partial charge >= 0.3 is 0 Å². The van der Waals surface area contributed by atoms with Crippen molar-refractivity contribution < 1.29 is 4.39 Å². The Morgan fingerprint density at radius 1 is 1.60 bits per heavy atom. The van der Waals surface area contributed by atoms with Crippen molar-refractivity contribution in [3.05, 3.63) is 30.2 Å². The van der Waals surface area contributed by atoms with Crippen molar-refractivity contribution >= 4 is 10.9 Å². The highest BCUT2D eigenvalue weighted by Crippen LogP contribution is 2.12. The smallest absolute Gasteiger partial charge is 0.156 e. The van der Waals surface area contributed by atoms with Gasteiger partial charge in [0.1, 0.15) is 5.52 Å². The lowest BCUT2D eigenvalue weighted by Crippen LogP contribution is -1.75. The molecule has 2 aromatic rings. The third kappa shape index (κ3) is 0.603. The fourth-order valence-corrected chi connectivity index (χ4v) is 0.874. The fraction of sp³-hybridized carbons (Fsp3) is 0. The van der Waals surface area contributed by atoms with Crippen LogP contribution < -0.4 is 0 Å². The van der Waals surface area contributed by atoms with Crippen molar-refractivity contribution in [1.29, 1.82) is 0 Å². The van der Waals surface area contributed by atoms with Crippen molar-refractivity contribution in [2.75, 3.05) is 0 Å². The lowest BCUT2D eigenvalue weighted by atomic mass is 10.2. The molecule has 1 aromatic carbocycles. The third-order valence-corrected chi connectivity index (χ3v) is 1.36. The first-order valence-electron chi connectivity index (χ1n) is 2.87. The first-order valence-corrected chi connectivity index (χ1v) is 2.87. The highest BCUT2D eigenvalue weighted by atomic mass is 19.1. The van der Waals surface area contributed by atoms with Crippen molar-refractivity contribution in [2.45, 2.75) is 0 Å². The summed E-state index contributed by atoms with van der Waals surface area (Å²) in [6.45, 7) is 0. The SMILES string of the molecule is Fc1[c]ccc2cn[nH]c12. The topological polar surface area (TPSA) is 28.7 Å². The third-order valence-electron chi connectivity index (χ3n) is 1.36. The molecule has 0 atom stereocenters. The van der Waals surface area contributed by atoms with Crippen molar-refractivity contribution in [3.8, 4) is 0 Å². The van der Waals surface area contributed by atoms with E-state index >= 15 is 0 Å². The van der Waals surface area contributed by atoms with Gasteiger partial charge in [0.15, 0.2) is 5.82 Å². The Hall–Kier alpha value is -1.38. The zero-order chi connectivity index (χ0) is 6.97. The Kier molecular flexibility index (Phi) is 0.974. The molecule has 0 saturated heterocycles. The summed E-state index contributed by atoms with van der Waals surface area (Å²) in [6.07, 6.45) is 1.58. The van der Waals surface area contributed by atoms with E-state index in [4.69, 9.17) is 0 Å². The Bertz CT molecular complexity index is 353. The van der Waals surface area contributed by atoms with Crippen LogP contribution in [0.1, 0.15) is 0 Å². The van der Waals surface area contributed by atoms with E-state index < -0.39 is 0 Å². The van der Waals surface area contributed by atoms with Gasteiger partial charge in [-0.3, -0.25) is 5.10 Å². The normalized spacial score (nSPS) is 10.5. The molecule has 0 bridgehead atoms. The van der Waals surface area contributed by atoms with Crippen LogP contribution in [0.15, 0.2) is 18.3 Å². The Morgan fingerprint density at radius 2 is 2.50 bits per heavy atom. The average Bonchev–Trinajstić information content (AvgIpc) is 2.36. The molecule has 0 unspecified atom stereocenters. The maximum Gasteiger partial charge on any atom is 0.156 e. The van der Waals surface area contributed by atoms with E-state index in [2.05, 4.69) is 16.3 Å². The van der Waals surface area contributed by atoms with Gasteiger partial charge in [-0.1, -0.05) is 12.1 Å². The van der Waals surface area contributed by atoms with Gasteiger partial charge in [0.2, 0.25) is 0 Å². The lowest BCUT2D eigenvalue weighted by molar-refractivity contribution is 0.634. The second-order valence-corrected chi connectivity index (χ2v) is 1.99. The van der Waals surface area contributed by atoms with Crippen LogP contribution in [-0.4, -0.2) is 10.2 Å². The molecule has 1 N–H and O–H groups in total. The molecular weight excluding hydrogens is 131 g/mol. The maximum atomic E-state index is 12.7. The molecule has 0 aliphatic carbocycles. The highest BCUT2D eigenvalue weighted by molar-refractivity contribution is 5.77. The van der Waals surface area contributed by atoms with Crippen LogP contribution >= 0.6 is 0 Å². The molecule has 49 valence electrons.